The second-order valence-corrected chi connectivity index (χ2v) is 3.95. The molecule has 0 radical (unpaired) electrons. The summed E-state index contributed by atoms with van der Waals surface area (Å²) in [6.45, 7) is 2.21. The minimum atomic E-state index is -0.0480. The molecule has 0 amide bonds. The van der Waals surface area contributed by atoms with Crippen LogP contribution in [-0.2, 0) is 9.53 Å². The second kappa shape index (κ2) is 5.84. The normalized spacial score (nSPS) is 25.3. The van der Waals surface area contributed by atoms with Crippen molar-refractivity contribution in [3.8, 4) is 0 Å². The van der Waals surface area contributed by atoms with Crippen molar-refractivity contribution in [1.29, 1.82) is 0 Å². The van der Waals surface area contributed by atoms with E-state index in [0.717, 1.165) is 12.8 Å². The third kappa shape index (κ3) is 3.52. The van der Waals surface area contributed by atoms with E-state index in [1.54, 1.807) is 0 Å². The summed E-state index contributed by atoms with van der Waals surface area (Å²) in [4.78, 5) is 11.1. The van der Waals surface area contributed by atoms with Gasteiger partial charge in [-0.3, -0.25) is 4.79 Å². The number of carbonyl (C=O) groups excluding carboxylic acids is 1. The molecule has 2 heteroatoms. The van der Waals surface area contributed by atoms with Gasteiger partial charge >= 0.3 is 5.97 Å². The summed E-state index contributed by atoms with van der Waals surface area (Å²) in [5, 5.41) is 0. The summed E-state index contributed by atoms with van der Waals surface area (Å²) in [5.41, 5.74) is 0. The molecule has 1 fully saturated rings. The van der Waals surface area contributed by atoms with E-state index in [0.29, 0.717) is 5.92 Å². The number of ether oxygens (including phenoxy) is 1. The highest BCUT2D eigenvalue weighted by atomic mass is 16.5. The van der Waals surface area contributed by atoms with Gasteiger partial charge in [-0.25, -0.2) is 0 Å². The molecule has 1 aliphatic carbocycles. The van der Waals surface area contributed by atoms with Crippen LogP contribution >= 0.6 is 0 Å². The van der Waals surface area contributed by atoms with Gasteiger partial charge in [-0.1, -0.05) is 31.9 Å². The standard InChI is InChI=1S/C12H20O2/c1-3-4-5-6-7-8-10-9-11(10)12(13)14-2/h7-8,10-11H,3-6,9H2,1-2H3/b8-7-. The van der Waals surface area contributed by atoms with Crippen molar-refractivity contribution in [2.45, 2.75) is 39.0 Å². The number of hydrogen-bond acceptors (Lipinski definition) is 2. The van der Waals surface area contributed by atoms with E-state index < -0.39 is 0 Å². The first-order valence-electron chi connectivity index (χ1n) is 5.54. The number of unbranched alkanes of at least 4 members (excludes halogenated alkanes) is 3. The molecule has 0 bridgehead atoms. The molecule has 1 rings (SSSR count). The van der Waals surface area contributed by atoms with Crippen LogP contribution in [0.3, 0.4) is 0 Å². The summed E-state index contributed by atoms with van der Waals surface area (Å²) in [6, 6.07) is 0. The Labute approximate surface area is 86.3 Å². The van der Waals surface area contributed by atoms with Crippen molar-refractivity contribution in [3.63, 3.8) is 0 Å². The van der Waals surface area contributed by atoms with Crippen LogP contribution in [0.1, 0.15) is 39.0 Å². The lowest BCUT2D eigenvalue weighted by Crippen LogP contribution is -2.03. The van der Waals surface area contributed by atoms with Gasteiger partial charge < -0.3 is 4.74 Å². The zero-order valence-corrected chi connectivity index (χ0v) is 9.16. The molecule has 0 heterocycles. The van der Waals surface area contributed by atoms with Gasteiger partial charge in [0.15, 0.2) is 0 Å². The van der Waals surface area contributed by atoms with Crippen molar-refractivity contribution >= 4 is 5.97 Å². The van der Waals surface area contributed by atoms with E-state index in [2.05, 4.69) is 23.8 Å². The van der Waals surface area contributed by atoms with Gasteiger partial charge in [-0.05, 0) is 25.2 Å². The highest BCUT2D eigenvalue weighted by Gasteiger charge is 2.41. The van der Waals surface area contributed by atoms with E-state index in [-0.39, 0.29) is 11.9 Å². The topological polar surface area (TPSA) is 26.3 Å². The molecule has 0 aliphatic heterocycles. The largest absolute Gasteiger partial charge is 0.469 e. The first kappa shape index (κ1) is 11.3. The van der Waals surface area contributed by atoms with Crippen molar-refractivity contribution < 1.29 is 9.53 Å². The minimum Gasteiger partial charge on any atom is -0.469 e. The van der Waals surface area contributed by atoms with E-state index in [1.807, 2.05) is 0 Å². The Hall–Kier alpha value is -0.790. The van der Waals surface area contributed by atoms with Crippen LogP contribution in [0.2, 0.25) is 0 Å². The van der Waals surface area contributed by atoms with Gasteiger partial charge in [0.25, 0.3) is 0 Å². The van der Waals surface area contributed by atoms with E-state index in [1.165, 1.54) is 26.4 Å². The fraction of sp³-hybridized carbons (Fsp3) is 0.750. The SMILES string of the molecule is CCCCC/C=C\C1CC1C(=O)OC. The summed E-state index contributed by atoms with van der Waals surface area (Å²) in [7, 11) is 1.46. The van der Waals surface area contributed by atoms with Crippen LogP contribution in [0, 0.1) is 11.8 Å². The Bertz CT molecular complexity index is 208. The molecule has 1 aliphatic rings. The van der Waals surface area contributed by atoms with Gasteiger partial charge in [0.2, 0.25) is 0 Å². The molecule has 1 saturated carbocycles. The maximum Gasteiger partial charge on any atom is 0.309 e. The lowest BCUT2D eigenvalue weighted by molar-refractivity contribution is -0.142. The Morgan fingerprint density at radius 3 is 2.93 bits per heavy atom. The van der Waals surface area contributed by atoms with Crippen molar-refractivity contribution in [3.05, 3.63) is 12.2 Å². The van der Waals surface area contributed by atoms with Crippen molar-refractivity contribution in [2.75, 3.05) is 7.11 Å². The van der Waals surface area contributed by atoms with Gasteiger partial charge in [-0.2, -0.15) is 0 Å². The fourth-order valence-electron chi connectivity index (χ4n) is 1.63. The number of allylic oxidation sites excluding steroid dienone is 2. The Morgan fingerprint density at radius 2 is 2.29 bits per heavy atom. The van der Waals surface area contributed by atoms with E-state index in [4.69, 9.17) is 0 Å². The van der Waals surface area contributed by atoms with Crippen molar-refractivity contribution in [2.24, 2.45) is 11.8 Å². The lowest BCUT2D eigenvalue weighted by Gasteiger charge is -1.94. The maximum absolute atomic E-state index is 11.1. The molecule has 2 unspecified atom stereocenters. The highest BCUT2D eigenvalue weighted by Crippen LogP contribution is 2.40. The van der Waals surface area contributed by atoms with Gasteiger partial charge in [0.05, 0.1) is 13.0 Å². The molecule has 0 aromatic heterocycles. The van der Waals surface area contributed by atoms with E-state index in [9.17, 15) is 4.79 Å². The predicted octanol–water partition coefficient (Wildman–Crippen LogP) is 2.93. The number of esters is 1. The highest BCUT2D eigenvalue weighted by molar-refractivity contribution is 5.76. The lowest BCUT2D eigenvalue weighted by atomic mass is 10.2. The molecule has 2 nitrogen and oxygen atoms in total. The summed E-state index contributed by atoms with van der Waals surface area (Å²) in [6.07, 6.45) is 10.4. The molecular formula is C12H20O2. The minimum absolute atomic E-state index is 0.0480. The first-order valence-corrected chi connectivity index (χ1v) is 5.54. The number of carbonyl (C=O) groups is 1. The summed E-state index contributed by atoms with van der Waals surface area (Å²) >= 11 is 0. The Kier molecular flexibility index (Phi) is 4.71. The zero-order chi connectivity index (χ0) is 10.4. The Balaban J connectivity index is 2.06. The average molecular weight is 196 g/mol. The quantitative estimate of drug-likeness (QED) is 0.371. The third-order valence-electron chi connectivity index (χ3n) is 2.70. The molecule has 80 valence electrons. The molecule has 2 atom stereocenters. The van der Waals surface area contributed by atoms with Crippen LogP contribution < -0.4 is 0 Å². The number of hydrogen-bond donors (Lipinski definition) is 0. The van der Waals surface area contributed by atoms with Crippen LogP contribution in [0.15, 0.2) is 12.2 Å². The van der Waals surface area contributed by atoms with Crippen LogP contribution in [0.25, 0.3) is 0 Å². The second-order valence-electron chi connectivity index (χ2n) is 3.95. The maximum atomic E-state index is 11.1. The zero-order valence-electron chi connectivity index (χ0n) is 9.16. The molecule has 0 spiro atoms. The number of methoxy groups -OCH3 is 1. The fourth-order valence-corrected chi connectivity index (χ4v) is 1.63. The predicted molar refractivity (Wildman–Crippen MR) is 56.9 cm³/mol. The summed E-state index contributed by atoms with van der Waals surface area (Å²) in [5.74, 6) is 0.569. The third-order valence-corrected chi connectivity index (χ3v) is 2.70. The molecule has 0 N–H and O–H groups in total. The first-order chi connectivity index (χ1) is 6.79. The van der Waals surface area contributed by atoms with Crippen LogP contribution in [0.4, 0.5) is 0 Å². The molecule has 0 saturated heterocycles. The van der Waals surface area contributed by atoms with Gasteiger partial charge in [0, 0.05) is 0 Å². The summed E-state index contributed by atoms with van der Waals surface area (Å²) < 4.78 is 4.68. The van der Waals surface area contributed by atoms with Gasteiger partial charge in [0.1, 0.15) is 0 Å². The van der Waals surface area contributed by atoms with Gasteiger partial charge in [-0.15, -0.1) is 0 Å². The Morgan fingerprint density at radius 1 is 1.50 bits per heavy atom. The van der Waals surface area contributed by atoms with Crippen LogP contribution in [0.5, 0.6) is 0 Å². The molecule has 0 aromatic rings. The van der Waals surface area contributed by atoms with E-state index >= 15 is 0 Å². The molecular weight excluding hydrogens is 176 g/mol. The smallest absolute Gasteiger partial charge is 0.309 e. The molecule has 0 aromatic carbocycles. The van der Waals surface area contributed by atoms with Crippen molar-refractivity contribution in [1.82, 2.24) is 0 Å². The molecule has 14 heavy (non-hydrogen) atoms. The number of rotatable bonds is 6. The van der Waals surface area contributed by atoms with Crippen LogP contribution in [-0.4, -0.2) is 13.1 Å². The monoisotopic (exact) mass is 196 g/mol. The average Bonchev–Trinajstić information content (AvgIpc) is 2.96.